The van der Waals surface area contributed by atoms with Crippen molar-refractivity contribution in [3.8, 4) is 5.75 Å². The molecule has 0 bridgehead atoms. The molecule has 1 saturated carbocycles. The Hall–Kier alpha value is -1.50. The maximum atomic E-state index is 11.6. The zero-order valence-corrected chi connectivity index (χ0v) is 12.7. The van der Waals surface area contributed by atoms with E-state index in [0.29, 0.717) is 5.75 Å². The number of carbonyl (C=O) groups is 1. The zero-order valence-electron chi connectivity index (χ0n) is 11.1. The molecule has 1 aromatic rings. The summed E-state index contributed by atoms with van der Waals surface area (Å²) in [5, 5.41) is 11.2. The minimum absolute atomic E-state index is 0.000525. The van der Waals surface area contributed by atoms with E-state index in [1.807, 2.05) is 0 Å². The van der Waals surface area contributed by atoms with Crippen LogP contribution in [0.4, 0.5) is 4.79 Å². The summed E-state index contributed by atoms with van der Waals surface area (Å²) in [6, 6.07) is 1.46. The van der Waals surface area contributed by atoms with Gasteiger partial charge in [-0.15, -0.1) is 0 Å². The lowest BCUT2D eigenvalue weighted by Gasteiger charge is -2.29. The van der Waals surface area contributed by atoms with E-state index in [9.17, 15) is 9.59 Å². The number of carboxylic acid groups (broad SMARTS) is 1. The Balaban J connectivity index is 1.94. The van der Waals surface area contributed by atoms with Crippen molar-refractivity contribution >= 4 is 22.0 Å². The van der Waals surface area contributed by atoms with Crippen LogP contribution in [0.3, 0.4) is 0 Å². The van der Waals surface area contributed by atoms with Gasteiger partial charge in [-0.3, -0.25) is 4.79 Å². The van der Waals surface area contributed by atoms with Crippen molar-refractivity contribution in [2.24, 2.45) is 7.05 Å². The Bertz CT molecular complexity index is 550. The van der Waals surface area contributed by atoms with Crippen LogP contribution in [0.15, 0.2) is 21.5 Å². The molecule has 0 spiro atoms. The van der Waals surface area contributed by atoms with Gasteiger partial charge in [-0.25, -0.2) is 4.79 Å². The summed E-state index contributed by atoms with van der Waals surface area (Å²) in [7, 11) is 1.68. The van der Waals surface area contributed by atoms with E-state index in [1.54, 1.807) is 13.2 Å². The number of pyridine rings is 1. The number of hydrogen-bond acceptors (Lipinski definition) is 3. The molecule has 1 heterocycles. The average Bonchev–Trinajstić information content (AvgIpc) is 2.37. The molecule has 7 heteroatoms. The van der Waals surface area contributed by atoms with Gasteiger partial charge in [0, 0.05) is 25.4 Å². The highest BCUT2D eigenvalue weighted by molar-refractivity contribution is 9.10. The van der Waals surface area contributed by atoms with Crippen LogP contribution in [0.2, 0.25) is 0 Å². The van der Waals surface area contributed by atoms with Crippen molar-refractivity contribution in [2.45, 2.75) is 37.8 Å². The molecule has 110 valence electrons. The predicted molar refractivity (Wildman–Crippen MR) is 77.2 cm³/mol. The molecule has 0 saturated heterocycles. The fourth-order valence-corrected chi connectivity index (χ4v) is 2.86. The van der Waals surface area contributed by atoms with E-state index in [0.717, 1.165) is 30.2 Å². The molecular weight excluding hydrogens is 328 g/mol. The summed E-state index contributed by atoms with van der Waals surface area (Å²) in [5.74, 6) is 0.544. The Morgan fingerprint density at radius 2 is 2.10 bits per heavy atom. The molecule has 2 rings (SSSR count). The van der Waals surface area contributed by atoms with Crippen LogP contribution in [0.25, 0.3) is 0 Å². The first-order chi connectivity index (χ1) is 9.45. The topological polar surface area (TPSA) is 80.6 Å². The van der Waals surface area contributed by atoms with Crippen LogP contribution < -0.4 is 15.6 Å². The number of halogens is 1. The first-order valence-corrected chi connectivity index (χ1v) is 7.27. The average molecular weight is 345 g/mol. The molecule has 2 N–H and O–H groups in total. The number of ether oxygens (including phenoxy) is 1. The van der Waals surface area contributed by atoms with Crippen LogP contribution in [0, 0.1) is 0 Å². The van der Waals surface area contributed by atoms with Crippen molar-refractivity contribution in [1.82, 2.24) is 9.88 Å². The molecule has 0 atom stereocenters. The van der Waals surface area contributed by atoms with E-state index in [2.05, 4.69) is 21.2 Å². The highest BCUT2D eigenvalue weighted by atomic mass is 79.9. The minimum Gasteiger partial charge on any atom is -0.489 e. The third-order valence-electron chi connectivity index (χ3n) is 3.44. The van der Waals surface area contributed by atoms with Gasteiger partial charge in [-0.2, -0.15) is 0 Å². The Morgan fingerprint density at radius 3 is 2.70 bits per heavy atom. The molecule has 0 radical (unpaired) electrons. The van der Waals surface area contributed by atoms with Gasteiger partial charge in [0.1, 0.15) is 5.75 Å². The summed E-state index contributed by atoms with van der Waals surface area (Å²) in [5.41, 5.74) is -0.121. The van der Waals surface area contributed by atoms with Crippen molar-refractivity contribution in [1.29, 1.82) is 0 Å². The van der Waals surface area contributed by atoms with E-state index in [4.69, 9.17) is 9.84 Å². The van der Waals surface area contributed by atoms with Gasteiger partial charge in [0.25, 0.3) is 5.56 Å². The fourth-order valence-electron chi connectivity index (χ4n) is 2.35. The lowest BCUT2D eigenvalue weighted by atomic mass is 9.93. The molecule has 1 fully saturated rings. The first-order valence-electron chi connectivity index (χ1n) is 6.48. The first kappa shape index (κ1) is 14.9. The van der Waals surface area contributed by atoms with Gasteiger partial charge in [-0.05, 0) is 41.6 Å². The summed E-state index contributed by atoms with van der Waals surface area (Å²) in [6.07, 6.45) is 3.75. The molecule has 0 aliphatic heterocycles. The molecule has 6 nitrogen and oxygen atoms in total. The minimum atomic E-state index is -0.983. The number of aryl methyl sites for hydroxylation is 1. The van der Waals surface area contributed by atoms with E-state index >= 15 is 0 Å². The summed E-state index contributed by atoms with van der Waals surface area (Å²) in [4.78, 5) is 22.2. The van der Waals surface area contributed by atoms with Gasteiger partial charge in [0.05, 0.1) is 10.6 Å². The SMILES string of the molecule is Cn1cc(Br)c(OC2CCC(NC(=O)O)CC2)cc1=O. The third-order valence-corrected chi connectivity index (χ3v) is 4.04. The van der Waals surface area contributed by atoms with Crippen LogP contribution >= 0.6 is 15.9 Å². The van der Waals surface area contributed by atoms with Gasteiger partial charge in [-0.1, -0.05) is 0 Å². The predicted octanol–water partition coefficient (Wildman–Crippen LogP) is 2.11. The van der Waals surface area contributed by atoms with Crippen LogP contribution in [0.5, 0.6) is 5.75 Å². The van der Waals surface area contributed by atoms with Crippen molar-refractivity contribution in [2.75, 3.05) is 0 Å². The highest BCUT2D eigenvalue weighted by Crippen LogP contribution is 2.28. The number of amides is 1. The van der Waals surface area contributed by atoms with Crippen molar-refractivity contribution in [3.63, 3.8) is 0 Å². The lowest BCUT2D eigenvalue weighted by molar-refractivity contribution is 0.133. The van der Waals surface area contributed by atoms with Gasteiger partial charge >= 0.3 is 6.09 Å². The molecule has 1 amide bonds. The van der Waals surface area contributed by atoms with E-state index < -0.39 is 6.09 Å². The number of rotatable bonds is 3. The largest absolute Gasteiger partial charge is 0.489 e. The van der Waals surface area contributed by atoms with E-state index in [-0.39, 0.29) is 17.7 Å². The fraction of sp³-hybridized carbons (Fsp3) is 0.538. The van der Waals surface area contributed by atoms with Crippen LogP contribution in [0.1, 0.15) is 25.7 Å². The molecule has 1 aromatic heterocycles. The summed E-state index contributed by atoms with van der Waals surface area (Å²) < 4.78 is 8.06. The van der Waals surface area contributed by atoms with Crippen LogP contribution in [-0.4, -0.2) is 27.9 Å². The smallest absolute Gasteiger partial charge is 0.404 e. The second-order valence-electron chi connectivity index (χ2n) is 4.98. The Kier molecular flexibility index (Phi) is 4.69. The molecular formula is C13H17BrN2O4. The normalized spacial score (nSPS) is 22.3. The lowest BCUT2D eigenvalue weighted by Crippen LogP contribution is -2.39. The molecule has 0 aromatic carbocycles. The number of nitrogens with zero attached hydrogens (tertiary/aromatic N) is 1. The highest BCUT2D eigenvalue weighted by Gasteiger charge is 2.24. The monoisotopic (exact) mass is 344 g/mol. The number of aromatic nitrogens is 1. The second kappa shape index (κ2) is 6.30. The third kappa shape index (κ3) is 3.75. The molecule has 20 heavy (non-hydrogen) atoms. The summed E-state index contributed by atoms with van der Waals surface area (Å²) in [6.45, 7) is 0. The standard InChI is InChI=1S/C13H17BrN2O4/c1-16-7-10(14)11(6-12(16)17)20-9-4-2-8(3-5-9)15-13(18)19/h6-9,15H,2-5H2,1H3,(H,18,19). The van der Waals surface area contributed by atoms with Crippen molar-refractivity contribution < 1.29 is 14.6 Å². The Labute approximate surface area is 124 Å². The molecule has 1 aliphatic carbocycles. The number of nitrogens with one attached hydrogen (secondary N) is 1. The number of hydrogen-bond donors (Lipinski definition) is 2. The maximum absolute atomic E-state index is 11.6. The van der Waals surface area contributed by atoms with Crippen molar-refractivity contribution in [3.05, 3.63) is 27.1 Å². The maximum Gasteiger partial charge on any atom is 0.404 e. The van der Waals surface area contributed by atoms with Gasteiger partial charge in [0.15, 0.2) is 0 Å². The quantitative estimate of drug-likeness (QED) is 0.879. The Morgan fingerprint density at radius 1 is 1.45 bits per heavy atom. The van der Waals surface area contributed by atoms with Gasteiger partial charge < -0.3 is 19.7 Å². The van der Waals surface area contributed by atoms with E-state index in [1.165, 1.54) is 10.6 Å². The van der Waals surface area contributed by atoms with Crippen LogP contribution in [-0.2, 0) is 7.05 Å². The molecule has 1 aliphatic rings. The molecule has 0 unspecified atom stereocenters. The van der Waals surface area contributed by atoms with Gasteiger partial charge in [0.2, 0.25) is 0 Å². The summed E-state index contributed by atoms with van der Waals surface area (Å²) >= 11 is 3.38. The second-order valence-corrected chi connectivity index (χ2v) is 5.83. The zero-order chi connectivity index (χ0) is 14.7.